The van der Waals surface area contributed by atoms with Gasteiger partial charge in [0, 0.05) is 19.0 Å². The van der Waals surface area contributed by atoms with E-state index in [0.717, 1.165) is 12.8 Å². The molecule has 6 heteroatoms. The van der Waals surface area contributed by atoms with Crippen molar-refractivity contribution in [2.45, 2.75) is 19.3 Å². The largest absolute Gasteiger partial charge is 0.494 e. The van der Waals surface area contributed by atoms with Crippen LogP contribution in [0, 0.1) is 5.82 Å². The lowest BCUT2D eigenvalue weighted by atomic mass is 10.1. The van der Waals surface area contributed by atoms with E-state index in [9.17, 15) is 14.0 Å². The minimum absolute atomic E-state index is 0.00234. The van der Waals surface area contributed by atoms with Crippen LogP contribution in [0.5, 0.6) is 5.75 Å². The Bertz CT molecular complexity index is 519. The van der Waals surface area contributed by atoms with Gasteiger partial charge in [-0.1, -0.05) is 0 Å². The highest BCUT2D eigenvalue weighted by Crippen LogP contribution is 2.24. The molecule has 108 valence electrons. The van der Waals surface area contributed by atoms with Crippen molar-refractivity contribution in [3.05, 3.63) is 24.0 Å². The topological polar surface area (TPSA) is 58.6 Å². The molecule has 1 heterocycles. The molecule has 0 radical (unpaired) electrons. The third-order valence-electron chi connectivity index (χ3n) is 3.19. The van der Waals surface area contributed by atoms with E-state index in [2.05, 4.69) is 5.32 Å². The van der Waals surface area contributed by atoms with Crippen LogP contribution in [-0.4, -0.2) is 36.9 Å². The molecule has 0 aliphatic carbocycles. The van der Waals surface area contributed by atoms with Gasteiger partial charge in [0.15, 0.2) is 0 Å². The van der Waals surface area contributed by atoms with Crippen LogP contribution in [-0.2, 0) is 9.59 Å². The van der Waals surface area contributed by atoms with Gasteiger partial charge in [-0.2, -0.15) is 0 Å². The lowest BCUT2D eigenvalue weighted by Gasteiger charge is -2.26. The van der Waals surface area contributed by atoms with Crippen LogP contribution >= 0.6 is 0 Å². The number of hydrogen-bond donors (Lipinski definition) is 1. The van der Waals surface area contributed by atoms with Gasteiger partial charge in [-0.25, -0.2) is 4.39 Å². The van der Waals surface area contributed by atoms with Crippen molar-refractivity contribution in [3.8, 4) is 5.75 Å². The van der Waals surface area contributed by atoms with Gasteiger partial charge < -0.3 is 15.0 Å². The van der Waals surface area contributed by atoms with Gasteiger partial charge in [-0.3, -0.25) is 9.59 Å². The van der Waals surface area contributed by atoms with Crippen molar-refractivity contribution in [2.75, 3.05) is 25.5 Å². The van der Waals surface area contributed by atoms with Crippen molar-refractivity contribution < 1.29 is 18.7 Å². The van der Waals surface area contributed by atoms with Gasteiger partial charge >= 0.3 is 0 Å². The molecule has 1 aliphatic rings. The number of nitrogens with zero attached hydrogens (tertiary/aromatic N) is 1. The Labute approximate surface area is 116 Å². The van der Waals surface area contributed by atoms with Gasteiger partial charge in [0.1, 0.15) is 11.6 Å². The average molecular weight is 280 g/mol. The Hall–Kier alpha value is -2.11. The molecule has 1 aromatic rings. The smallest absolute Gasteiger partial charge is 0.244 e. The number of hydrogen-bond acceptors (Lipinski definition) is 3. The van der Waals surface area contributed by atoms with Crippen molar-refractivity contribution in [1.29, 1.82) is 0 Å². The third kappa shape index (κ3) is 3.46. The second-order valence-corrected chi connectivity index (χ2v) is 4.67. The standard InChI is InChI=1S/C14H17FN2O3/c1-20-12-8-10(15)5-6-11(12)16-13(18)9-17-7-3-2-4-14(17)19/h5-6,8H,2-4,7,9H2,1H3,(H,16,18). The average Bonchev–Trinajstić information content (AvgIpc) is 2.43. The summed E-state index contributed by atoms with van der Waals surface area (Å²) in [5.41, 5.74) is 0.392. The van der Waals surface area contributed by atoms with Crippen LogP contribution in [0.25, 0.3) is 0 Å². The molecule has 0 saturated carbocycles. The summed E-state index contributed by atoms with van der Waals surface area (Å²) in [6.45, 7) is 0.617. The summed E-state index contributed by atoms with van der Waals surface area (Å²) in [5, 5.41) is 2.63. The first kappa shape index (κ1) is 14.3. The van der Waals surface area contributed by atoms with E-state index >= 15 is 0 Å². The molecule has 0 aromatic heterocycles. The van der Waals surface area contributed by atoms with E-state index in [0.29, 0.717) is 18.7 Å². The van der Waals surface area contributed by atoms with E-state index in [1.54, 1.807) is 0 Å². The zero-order chi connectivity index (χ0) is 14.5. The molecule has 2 rings (SSSR count). The number of carbonyl (C=O) groups excluding carboxylic acids is 2. The fraction of sp³-hybridized carbons (Fsp3) is 0.429. The summed E-state index contributed by atoms with van der Waals surface area (Å²) in [7, 11) is 1.40. The number of carbonyl (C=O) groups is 2. The maximum atomic E-state index is 13.0. The molecule has 0 unspecified atom stereocenters. The number of piperidine rings is 1. The van der Waals surface area contributed by atoms with E-state index in [1.165, 1.54) is 30.2 Å². The van der Waals surface area contributed by atoms with Crippen LogP contribution in [0.4, 0.5) is 10.1 Å². The summed E-state index contributed by atoms with van der Waals surface area (Å²) < 4.78 is 18.1. The van der Waals surface area contributed by atoms with Gasteiger partial charge in [0.2, 0.25) is 11.8 Å². The molecule has 1 N–H and O–H groups in total. The van der Waals surface area contributed by atoms with Crippen LogP contribution in [0.15, 0.2) is 18.2 Å². The highest BCUT2D eigenvalue weighted by atomic mass is 19.1. The Morgan fingerprint density at radius 2 is 2.25 bits per heavy atom. The molecule has 1 fully saturated rings. The van der Waals surface area contributed by atoms with Gasteiger partial charge in [-0.15, -0.1) is 0 Å². The monoisotopic (exact) mass is 280 g/mol. The number of rotatable bonds is 4. The fourth-order valence-corrected chi connectivity index (χ4v) is 2.16. The molecule has 0 atom stereocenters. The van der Waals surface area contributed by atoms with Crippen molar-refractivity contribution in [3.63, 3.8) is 0 Å². The van der Waals surface area contributed by atoms with Crippen LogP contribution in [0.2, 0.25) is 0 Å². The second-order valence-electron chi connectivity index (χ2n) is 4.67. The number of likely N-dealkylation sites (tertiary alicyclic amines) is 1. The first-order valence-electron chi connectivity index (χ1n) is 6.51. The molecule has 1 saturated heterocycles. The molecular formula is C14H17FN2O3. The summed E-state index contributed by atoms with van der Waals surface area (Å²) in [4.78, 5) is 25.1. The molecule has 20 heavy (non-hydrogen) atoms. The number of benzene rings is 1. The lowest BCUT2D eigenvalue weighted by Crippen LogP contribution is -2.40. The third-order valence-corrected chi connectivity index (χ3v) is 3.19. The van der Waals surface area contributed by atoms with E-state index in [4.69, 9.17) is 4.74 Å². The Morgan fingerprint density at radius 3 is 2.95 bits per heavy atom. The fourth-order valence-electron chi connectivity index (χ4n) is 2.16. The Balaban J connectivity index is 1.99. The number of ether oxygens (including phenoxy) is 1. The number of halogens is 1. The van der Waals surface area contributed by atoms with E-state index in [1.807, 2.05) is 0 Å². The predicted molar refractivity (Wildman–Crippen MR) is 72.0 cm³/mol. The molecule has 5 nitrogen and oxygen atoms in total. The number of amides is 2. The van der Waals surface area contributed by atoms with Crippen molar-refractivity contribution >= 4 is 17.5 Å². The Kier molecular flexibility index (Phi) is 4.55. The summed E-state index contributed by atoms with van der Waals surface area (Å²) in [5.74, 6) is -0.503. The number of methoxy groups -OCH3 is 1. The zero-order valence-electron chi connectivity index (χ0n) is 11.3. The van der Waals surface area contributed by atoms with E-state index < -0.39 is 5.82 Å². The Morgan fingerprint density at radius 1 is 1.45 bits per heavy atom. The minimum Gasteiger partial charge on any atom is -0.494 e. The summed E-state index contributed by atoms with van der Waals surface area (Å²) in [6.07, 6.45) is 2.29. The van der Waals surface area contributed by atoms with Gasteiger partial charge in [0.05, 0.1) is 19.3 Å². The second kappa shape index (κ2) is 6.36. The van der Waals surface area contributed by atoms with Gasteiger partial charge in [-0.05, 0) is 25.0 Å². The van der Waals surface area contributed by atoms with Crippen molar-refractivity contribution in [1.82, 2.24) is 4.90 Å². The molecule has 1 aliphatic heterocycles. The molecule has 0 bridgehead atoms. The quantitative estimate of drug-likeness (QED) is 0.914. The summed E-state index contributed by atoms with van der Waals surface area (Å²) >= 11 is 0. The first-order valence-corrected chi connectivity index (χ1v) is 6.51. The van der Waals surface area contributed by atoms with Crippen LogP contribution < -0.4 is 10.1 Å². The SMILES string of the molecule is COc1cc(F)ccc1NC(=O)CN1CCCCC1=O. The highest BCUT2D eigenvalue weighted by molar-refractivity contribution is 5.95. The maximum absolute atomic E-state index is 13.0. The molecule has 0 spiro atoms. The molecule has 1 aromatic carbocycles. The molecular weight excluding hydrogens is 263 g/mol. The predicted octanol–water partition coefficient (Wildman–Crippen LogP) is 1.79. The minimum atomic E-state index is -0.439. The van der Waals surface area contributed by atoms with Gasteiger partial charge in [0.25, 0.3) is 0 Å². The molecule has 2 amide bonds. The number of nitrogens with one attached hydrogen (secondary N) is 1. The van der Waals surface area contributed by atoms with Crippen LogP contribution in [0.3, 0.4) is 0 Å². The highest BCUT2D eigenvalue weighted by Gasteiger charge is 2.20. The zero-order valence-corrected chi connectivity index (χ0v) is 11.3. The normalized spacial score (nSPS) is 15.1. The maximum Gasteiger partial charge on any atom is 0.244 e. The summed E-state index contributed by atoms with van der Waals surface area (Å²) in [6, 6.07) is 3.87. The number of anilines is 1. The lowest BCUT2D eigenvalue weighted by molar-refractivity contribution is -0.136. The van der Waals surface area contributed by atoms with E-state index in [-0.39, 0.29) is 24.1 Å². The van der Waals surface area contributed by atoms with Crippen molar-refractivity contribution in [2.24, 2.45) is 0 Å². The van der Waals surface area contributed by atoms with Crippen LogP contribution in [0.1, 0.15) is 19.3 Å². The first-order chi connectivity index (χ1) is 9.60.